The second-order valence-electron chi connectivity index (χ2n) is 8.82. The molecule has 3 heterocycles. The van der Waals surface area contributed by atoms with E-state index in [1.165, 1.54) is 5.56 Å². The zero-order valence-electron chi connectivity index (χ0n) is 19.4. The van der Waals surface area contributed by atoms with Crippen molar-refractivity contribution in [3.8, 4) is 29.2 Å². The summed E-state index contributed by atoms with van der Waals surface area (Å²) in [6.07, 6.45) is 2.83. The first-order valence-electron chi connectivity index (χ1n) is 11.6. The van der Waals surface area contributed by atoms with E-state index in [1.54, 1.807) is 13.1 Å². The van der Waals surface area contributed by atoms with Crippen LogP contribution in [0.5, 0.6) is 0 Å². The van der Waals surface area contributed by atoms with Gasteiger partial charge in [-0.2, -0.15) is 5.26 Å². The number of likely N-dealkylation sites (tertiary alicyclic amines) is 1. The van der Waals surface area contributed by atoms with E-state index in [9.17, 15) is 5.11 Å². The van der Waals surface area contributed by atoms with E-state index in [1.807, 2.05) is 53.2 Å². The molecule has 5 rings (SSSR count). The lowest BCUT2D eigenvalue weighted by molar-refractivity contribution is 0.127. The minimum atomic E-state index is -0.647. The SMILES string of the molecule is CC(O)c1nccn1Cc1cc(-c2ccc(C#Cc3ccc(CN4CC(C#N)C4)cc3)cc2)on1. The van der Waals surface area contributed by atoms with E-state index in [0.717, 1.165) is 42.0 Å². The lowest BCUT2D eigenvalue weighted by Gasteiger charge is -2.35. The predicted molar refractivity (Wildman–Crippen MR) is 131 cm³/mol. The Labute approximate surface area is 204 Å². The van der Waals surface area contributed by atoms with Gasteiger partial charge >= 0.3 is 0 Å². The van der Waals surface area contributed by atoms with E-state index in [2.05, 4.69) is 45.1 Å². The van der Waals surface area contributed by atoms with Gasteiger partial charge in [-0.05, 0) is 48.9 Å². The lowest BCUT2D eigenvalue weighted by Crippen LogP contribution is -2.45. The Hall–Kier alpha value is -4.17. The van der Waals surface area contributed by atoms with Gasteiger partial charge in [-0.25, -0.2) is 4.98 Å². The lowest BCUT2D eigenvalue weighted by atomic mass is 10.0. The number of hydrogen-bond donors (Lipinski definition) is 1. The zero-order valence-corrected chi connectivity index (χ0v) is 19.4. The van der Waals surface area contributed by atoms with Crippen molar-refractivity contribution in [2.24, 2.45) is 5.92 Å². The summed E-state index contributed by atoms with van der Waals surface area (Å²) in [6.45, 7) is 4.76. The predicted octanol–water partition coefficient (Wildman–Crippen LogP) is 3.99. The summed E-state index contributed by atoms with van der Waals surface area (Å²) < 4.78 is 7.38. The number of rotatable bonds is 6. The van der Waals surface area contributed by atoms with Crippen LogP contribution >= 0.6 is 0 Å². The number of nitrogens with zero attached hydrogens (tertiary/aromatic N) is 5. The Morgan fingerprint density at radius 3 is 2.40 bits per heavy atom. The topological polar surface area (TPSA) is 91.1 Å². The molecule has 1 atom stereocenters. The van der Waals surface area contributed by atoms with E-state index >= 15 is 0 Å². The van der Waals surface area contributed by atoms with Crippen LogP contribution in [-0.4, -0.2) is 37.8 Å². The van der Waals surface area contributed by atoms with Crippen LogP contribution < -0.4 is 0 Å². The molecule has 35 heavy (non-hydrogen) atoms. The molecule has 1 fully saturated rings. The Bertz CT molecular complexity index is 1390. The van der Waals surface area contributed by atoms with Crippen LogP contribution in [0.2, 0.25) is 0 Å². The van der Waals surface area contributed by atoms with Gasteiger partial charge in [0.15, 0.2) is 5.76 Å². The molecular weight excluding hydrogens is 438 g/mol. The summed E-state index contributed by atoms with van der Waals surface area (Å²) >= 11 is 0. The molecule has 0 spiro atoms. The number of aliphatic hydroxyl groups is 1. The Balaban J connectivity index is 1.19. The summed E-state index contributed by atoms with van der Waals surface area (Å²) in [4.78, 5) is 6.46. The number of benzene rings is 2. The minimum Gasteiger partial charge on any atom is -0.385 e. The average molecular weight is 464 g/mol. The fraction of sp³-hybridized carbons (Fsp3) is 0.250. The molecule has 1 aliphatic heterocycles. The van der Waals surface area contributed by atoms with Gasteiger partial charge in [-0.1, -0.05) is 29.1 Å². The second-order valence-corrected chi connectivity index (χ2v) is 8.82. The van der Waals surface area contributed by atoms with Gasteiger partial charge < -0.3 is 14.2 Å². The van der Waals surface area contributed by atoms with E-state index in [4.69, 9.17) is 9.78 Å². The van der Waals surface area contributed by atoms with Crippen molar-refractivity contribution in [3.63, 3.8) is 0 Å². The second kappa shape index (κ2) is 9.99. The van der Waals surface area contributed by atoms with Gasteiger partial charge in [0.1, 0.15) is 17.6 Å². The molecular formula is C28H25N5O2. The maximum atomic E-state index is 9.82. The van der Waals surface area contributed by atoms with Crippen molar-refractivity contribution in [2.45, 2.75) is 26.1 Å². The highest BCUT2D eigenvalue weighted by atomic mass is 16.5. The third-order valence-electron chi connectivity index (χ3n) is 6.03. The number of nitriles is 1. The van der Waals surface area contributed by atoms with Crippen molar-refractivity contribution in [1.82, 2.24) is 19.6 Å². The van der Waals surface area contributed by atoms with Crippen molar-refractivity contribution >= 4 is 0 Å². The third-order valence-corrected chi connectivity index (χ3v) is 6.03. The van der Waals surface area contributed by atoms with Gasteiger partial charge in [-0.15, -0.1) is 0 Å². The molecule has 0 bridgehead atoms. The summed E-state index contributed by atoms with van der Waals surface area (Å²) in [7, 11) is 0. The first-order valence-corrected chi connectivity index (χ1v) is 11.6. The maximum Gasteiger partial charge on any atom is 0.167 e. The van der Waals surface area contributed by atoms with Crippen LogP contribution in [-0.2, 0) is 13.1 Å². The molecule has 0 aliphatic carbocycles. The first-order chi connectivity index (χ1) is 17.1. The van der Waals surface area contributed by atoms with Gasteiger partial charge in [-0.3, -0.25) is 4.90 Å². The molecule has 2 aromatic carbocycles. The monoisotopic (exact) mass is 463 g/mol. The van der Waals surface area contributed by atoms with E-state index in [-0.39, 0.29) is 5.92 Å². The van der Waals surface area contributed by atoms with Gasteiger partial charge in [0.2, 0.25) is 0 Å². The molecule has 7 nitrogen and oxygen atoms in total. The molecule has 4 aromatic rings. The van der Waals surface area contributed by atoms with Crippen LogP contribution in [0, 0.1) is 29.1 Å². The van der Waals surface area contributed by atoms with E-state index in [0.29, 0.717) is 18.1 Å². The fourth-order valence-corrected chi connectivity index (χ4v) is 4.11. The Kier molecular flexibility index (Phi) is 6.45. The van der Waals surface area contributed by atoms with Crippen LogP contribution in [0.1, 0.15) is 41.2 Å². The summed E-state index contributed by atoms with van der Waals surface area (Å²) in [6, 6.07) is 20.4. The van der Waals surface area contributed by atoms with Crippen molar-refractivity contribution < 1.29 is 9.63 Å². The minimum absolute atomic E-state index is 0.184. The maximum absolute atomic E-state index is 9.82. The summed E-state index contributed by atoms with van der Waals surface area (Å²) in [5.74, 6) is 7.88. The molecule has 0 radical (unpaired) electrons. The molecule has 1 aliphatic rings. The van der Waals surface area contributed by atoms with Crippen LogP contribution in [0.4, 0.5) is 0 Å². The smallest absolute Gasteiger partial charge is 0.167 e. The quantitative estimate of drug-likeness (QED) is 0.435. The van der Waals surface area contributed by atoms with Crippen LogP contribution in [0.15, 0.2) is 71.5 Å². The molecule has 7 heteroatoms. The molecule has 1 saturated heterocycles. The normalized spacial score (nSPS) is 14.5. The molecule has 1 N–H and O–H groups in total. The van der Waals surface area contributed by atoms with Crippen LogP contribution in [0.3, 0.4) is 0 Å². The highest BCUT2D eigenvalue weighted by Gasteiger charge is 2.25. The average Bonchev–Trinajstić information content (AvgIpc) is 3.51. The first kappa shape index (κ1) is 22.6. The number of aliphatic hydroxyl groups excluding tert-OH is 1. The van der Waals surface area contributed by atoms with Crippen LogP contribution in [0.25, 0.3) is 11.3 Å². The number of aromatic nitrogens is 3. The fourth-order valence-electron chi connectivity index (χ4n) is 4.11. The summed E-state index contributed by atoms with van der Waals surface area (Å²) in [5, 5.41) is 22.9. The number of imidazole rings is 1. The molecule has 0 saturated carbocycles. The van der Waals surface area contributed by atoms with E-state index < -0.39 is 6.10 Å². The molecule has 174 valence electrons. The van der Waals surface area contributed by atoms with Crippen molar-refractivity contribution in [3.05, 3.63) is 95.2 Å². The van der Waals surface area contributed by atoms with Crippen molar-refractivity contribution in [1.29, 1.82) is 5.26 Å². The largest absolute Gasteiger partial charge is 0.385 e. The van der Waals surface area contributed by atoms with Gasteiger partial charge in [0, 0.05) is 54.8 Å². The van der Waals surface area contributed by atoms with Crippen molar-refractivity contribution in [2.75, 3.05) is 13.1 Å². The zero-order chi connectivity index (χ0) is 24.2. The highest BCUT2D eigenvalue weighted by Crippen LogP contribution is 2.22. The standard InChI is InChI=1S/C28H25N5O2/c1-20(34)28-30-12-13-33(28)19-26-14-27(35-31-26)25-10-8-22(9-11-25)3-2-21-4-6-23(7-5-21)16-32-17-24(15-29)18-32/h4-14,20,24,34H,16-19H2,1H3. The molecule has 1 unspecified atom stereocenters. The Morgan fingerprint density at radius 2 is 1.74 bits per heavy atom. The molecule has 0 amide bonds. The third kappa shape index (κ3) is 5.33. The summed E-state index contributed by atoms with van der Waals surface area (Å²) in [5.41, 5.74) is 4.79. The number of hydrogen-bond acceptors (Lipinski definition) is 6. The van der Waals surface area contributed by atoms with Gasteiger partial charge in [0.05, 0.1) is 18.5 Å². The Morgan fingerprint density at radius 1 is 1.06 bits per heavy atom. The highest BCUT2D eigenvalue weighted by molar-refractivity contribution is 5.59. The molecule has 2 aromatic heterocycles. The van der Waals surface area contributed by atoms with Gasteiger partial charge in [0.25, 0.3) is 0 Å².